The summed E-state index contributed by atoms with van der Waals surface area (Å²) in [7, 11) is 1.70. The fourth-order valence-corrected chi connectivity index (χ4v) is 3.25. The van der Waals surface area contributed by atoms with Gasteiger partial charge in [-0.25, -0.2) is 0 Å². The lowest BCUT2D eigenvalue weighted by Gasteiger charge is -2.42. The van der Waals surface area contributed by atoms with Crippen molar-refractivity contribution >= 4 is 0 Å². The van der Waals surface area contributed by atoms with Gasteiger partial charge in [0, 0.05) is 11.7 Å². The van der Waals surface area contributed by atoms with Crippen molar-refractivity contribution in [1.29, 1.82) is 0 Å². The summed E-state index contributed by atoms with van der Waals surface area (Å²) in [6.45, 7) is 10.3. The van der Waals surface area contributed by atoms with E-state index in [1.807, 2.05) is 6.20 Å². The highest BCUT2D eigenvalue weighted by Gasteiger charge is 2.37. The summed E-state index contributed by atoms with van der Waals surface area (Å²) in [6.07, 6.45) is 7.47. The third-order valence-electron chi connectivity index (χ3n) is 4.53. The Bertz CT molecular complexity index is 441. The van der Waals surface area contributed by atoms with Gasteiger partial charge in [-0.3, -0.25) is 9.88 Å². The van der Waals surface area contributed by atoms with Crippen LogP contribution in [0.2, 0.25) is 0 Å². The summed E-state index contributed by atoms with van der Waals surface area (Å²) in [5.41, 5.74) is 1.28. The summed E-state index contributed by atoms with van der Waals surface area (Å²) in [4.78, 5) is 6.94. The summed E-state index contributed by atoms with van der Waals surface area (Å²) in [5.74, 6) is 0.827. The number of hydrogen-bond acceptors (Lipinski definition) is 4. The van der Waals surface area contributed by atoms with Crippen LogP contribution in [0, 0.1) is 0 Å². The van der Waals surface area contributed by atoms with Gasteiger partial charge in [0.25, 0.3) is 0 Å². The molecule has 118 valence electrons. The lowest BCUT2D eigenvalue weighted by Crippen LogP contribution is -2.51. The van der Waals surface area contributed by atoms with Crippen LogP contribution in [0.25, 0.3) is 0 Å². The van der Waals surface area contributed by atoms with E-state index in [1.54, 1.807) is 13.3 Å². The molecule has 0 aromatic carbocycles. The van der Waals surface area contributed by atoms with Gasteiger partial charge in [-0.15, -0.1) is 0 Å². The first-order valence-corrected chi connectivity index (χ1v) is 8.07. The van der Waals surface area contributed by atoms with Gasteiger partial charge in [-0.2, -0.15) is 0 Å². The maximum Gasteiger partial charge on any atom is 0.137 e. The van der Waals surface area contributed by atoms with Crippen LogP contribution in [0.5, 0.6) is 5.75 Å². The molecule has 1 aromatic heterocycles. The predicted octanol–water partition coefficient (Wildman–Crippen LogP) is 3.01. The second-order valence-electron chi connectivity index (χ2n) is 6.39. The van der Waals surface area contributed by atoms with Gasteiger partial charge in [-0.1, -0.05) is 6.92 Å². The van der Waals surface area contributed by atoms with E-state index < -0.39 is 0 Å². The largest absolute Gasteiger partial charge is 0.495 e. The molecule has 4 heteroatoms. The van der Waals surface area contributed by atoms with Gasteiger partial charge in [0.05, 0.1) is 19.3 Å². The summed E-state index contributed by atoms with van der Waals surface area (Å²) in [5, 5.41) is 3.72. The van der Waals surface area contributed by atoms with Gasteiger partial charge in [-0.05, 0) is 64.4 Å². The van der Waals surface area contributed by atoms with E-state index in [1.165, 1.54) is 31.5 Å². The molecule has 21 heavy (non-hydrogen) atoms. The molecule has 0 amide bonds. The molecule has 1 saturated heterocycles. The number of nitrogens with one attached hydrogen (secondary N) is 1. The van der Waals surface area contributed by atoms with Crippen LogP contribution in [-0.4, -0.2) is 42.2 Å². The molecule has 1 aliphatic heterocycles. The fraction of sp³-hybridized carbons (Fsp3) is 0.706. The molecule has 1 atom stereocenters. The van der Waals surface area contributed by atoms with Crippen molar-refractivity contribution in [3.63, 3.8) is 0 Å². The first kappa shape index (κ1) is 16.2. The molecule has 0 saturated carbocycles. The van der Waals surface area contributed by atoms with Crippen molar-refractivity contribution in [3.8, 4) is 5.75 Å². The van der Waals surface area contributed by atoms with E-state index in [0.29, 0.717) is 0 Å². The lowest BCUT2D eigenvalue weighted by atomic mass is 9.87. The fourth-order valence-electron chi connectivity index (χ4n) is 3.25. The Morgan fingerprint density at radius 2 is 2.05 bits per heavy atom. The standard InChI is InChI=1S/C17H29N3O/c1-5-8-19-16(14-11-15(21-4)13-18-12-14)17(2,3)20-9-6-7-10-20/h11-13,16,19H,5-10H2,1-4H3. The Balaban J connectivity index is 2.27. The van der Waals surface area contributed by atoms with Crippen LogP contribution in [0.3, 0.4) is 0 Å². The normalized spacial score (nSPS) is 17.9. The smallest absolute Gasteiger partial charge is 0.137 e. The van der Waals surface area contributed by atoms with E-state index >= 15 is 0 Å². The molecule has 1 unspecified atom stereocenters. The number of pyridine rings is 1. The molecule has 2 rings (SSSR count). The van der Waals surface area contributed by atoms with Crippen molar-refractivity contribution in [1.82, 2.24) is 15.2 Å². The molecule has 0 spiro atoms. The molecule has 1 N–H and O–H groups in total. The van der Waals surface area contributed by atoms with Crippen LogP contribution >= 0.6 is 0 Å². The summed E-state index contributed by atoms with van der Waals surface area (Å²) in [6, 6.07) is 2.37. The Kier molecular flexibility index (Phi) is 5.59. The van der Waals surface area contributed by atoms with Crippen molar-refractivity contribution in [2.45, 2.75) is 51.6 Å². The maximum absolute atomic E-state index is 5.34. The van der Waals surface area contributed by atoms with Crippen molar-refractivity contribution in [2.75, 3.05) is 26.7 Å². The third kappa shape index (κ3) is 3.74. The average molecular weight is 291 g/mol. The Morgan fingerprint density at radius 1 is 1.33 bits per heavy atom. The highest BCUT2D eigenvalue weighted by atomic mass is 16.5. The Hall–Kier alpha value is -1.13. The number of rotatable bonds is 7. The van der Waals surface area contributed by atoms with Gasteiger partial charge in [0.15, 0.2) is 0 Å². The van der Waals surface area contributed by atoms with Crippen LogP contribution in [0.15, 0.2) is 18.5 Å². The van der Waals surface area contributed by atoms with Crippen LogP contribution in [-0.2, 0) is 0 Å². The zero-order valence-electron chi connectivity index (χ0n) is 13.9. The average Bonchev–Trinajstić information content (AvgIpc) is 3.03. The molecule has 0 bridgehead atoms. The van der Waals surface area contributed by atoms with E-state index in [9.17, 15) is 0 Å². The molecule has 1 fully saturated rings. The zero-order chi connectivity index (χ0) is 15.3. The highest BCUT2D eigenvalue weighted by molar-refractivity contribution is 5.28. The molecule has 1 aliphatic rings. The molecule has 2 heterocycles. The lowest BCUT2D eigenvalue weighted by molar-refractivity contribution is 0.106. The third-order valence-corrected chi connectivity index (χ3v) is 4.53. The maximum atomic E-state index is 5.34. The van der Waals surface area contributed by atoms with Gasteiger partial charge < -0.3 is 10.1 Å². The SMILES string of the molecule is CCCNC(c1cncc(OC)c1)C(C)(C)N1CCCC1. The molecule has 4 nitrogen and oxygen atoms in total. The minimum atomic E-state index is 0.0692. The van der Waals surface area contributed by atoms with E-state index in [2.05, 4.69) is 42.0 Å². The second-order valence-corrected chi connectivity index (χ2v) is 6.39. The van der Waals surface area contributed by atoms with Crippen molar-refractivity contribution in [2.24, 2.45) is 0 Å². The number of ether oxygens (including phenoxy) is 1. The van der Waals surface area contributed by atoms with Gasteiger partial charge >= 0.3 is 0 Å². The monoisotopic (exact) mass is 291 g/mol. The minimum absolute atomic E-state index is 0.0692. The molecular weight excluding hydrogens is 262 g/mol. The molecule has 0 radical (unpaired) electrons. The topological polar surface area (TPSA) is 37.4 Å². The van der Waals surface area contributed by atoms with Crippen LogP contribution < -0.4 is 10.1 Å². The zero-order valence-corrected chi connectivity index (χ0v) is 13.9. The first-order chi connectivity index (χ1) is 10.1. The van der Waals surface area contributed by atoms with Gasteiger partial charge in [0.1, 0.15) is 5.75 Å². The van der Waals surface area contributed by atoms with E-state index in [0.717, 1.165) is 18.7 Å². The molecule has 0 aliphatic carbocycles. The number of nitrogens with zero attached hydrogens (tertiary/aromatic N) is 2. The Morgan fingerprint density at radius 3 is 2.67 bits per heavy atom. The number of aromatic nitrogens is 1. The minimum Gasteiger partial charge on any atom is -0.495 e. The second kappa shape index (κ2) is 7.23. The van der Waals surface area contributed by atoms with E-state index in [-0.39, 0.29) is 11.6 Å². The Labute approximate surface area is 128 Å². The van der Waals surface area contributed by atoms with Crippen LogP contribution in [0.1, 0.15) is 51.6 Å². The first-order valence-electron chi connectivity index (χ1n) is 8.07. The van der Waals surface area contributed by atoms with Gasteiger partial charge in [0.2, 0.25) is 0 Å². The predicted molar refractivity (Wildman–Crippen MR) is 86.7 cm³/mol. The summed E-state index contributed by atoms with van der Waals surface area (Å²) >= 11 is 0. The van der Waals surface area contributed by atoms with Crippen LogP contribution in [0.4, 0.5) is 0 Å². The van der Waals surface area contributed by atoms with E-state index in [4.69, 9.17) is 4.74 Å². The number of hydrogen-bond donors (Lipinski definition) is 1. The number of methoxy groups -OCH3 is 1. The quantitative estimate of drug-likeness (QED) is 0.838. The summed E-state index contributed by atoms with van der Waals surface area (Å²) < 4.78 is 5.34. The molecule has 1 aromatic rings. The number of likely N-dealkylation sites (tertiary alicyclic amines) is 1. The highest BCUT2D eigenvalue weighted by Crippen LogP contribution is 2.34. The van der Waals surface area contributed by atoms with Crippen molar-refractivity contribution in [3.05, 3.63) is 24.0 Å². The molecular formula is C17H29N3O. The van der Waals surface area contributed by atoms with Crippen molar-refractivity contribution < 1.29 is 4.74 Å².